The summed E-state index contributed by atoms with van der Waals surface area (Å²) >= 11 is 0. The molecule has 1 aliphatic carbocycles. The highest BCUT2D eigenvalue weighted by atomic mass is 16.2. The number of amides is 1. The van der Waals surface area contributed by atoms with Gasteiger partial charge in [0.05, 0.1) is 12.2 Å². The fourth-order valence-corrected chi connectivity index (χ4v) is 3.50. The first-order chi connectivity index (χ1) is 7.94. The van der Waals surface area contributed by atoms with Crippen molar-refractivity contribution in [3.63, 3.8) is 0 Å². The predicted octanol–water partition coefficient (Wildman–Crippen LogP) is 2.51. The molecule has 0 radical (unpaired) electrons. The average molecular weight is 238 g/mol. The second-order valence-corrected chi connectivity index (χ2v) is 6.46. The summed E-state index contributed by atoms with van der Waals surface area (Å²) in [5.41, 5.74) is 0.396. The second-order valence-electron chi connectivity index (χ2n) is 6.46. The summed E-state index contributed by atoms with van der Waals surface area (Å²) in [6.45, 7) is 8.86. The van der Waals surface area contributed by atoms with Gasteiger partial charge in [0.15, 0.2) is 0 Å². The van der Waals surface area contributed by atoms with Crippen molar-refractivity contribution in [2.24, 2.45) is 5.41 Å². The lowest BCUT2D eigenvalue weighted by Gasteiger charge is -2.41. The van der Waals surface area contributed by atoms with Crippen LogP contribution < -0.4 is 5.32 Å². The molecule has 2 rings (SSSR count). The van der Waals surface area contributed by atoms with Crippen molar-refractivity contribution in [3.05, 3.63) is 0 Å². The van der Waals surface area contributed by atoms with E-state index < -0.39 is 0 Å². The molecule has 0 aromatic rings. The SMILES string of the molecule is CCC1NC(C)N(C2CCCC(C)(C)C2)C1=O. The summed E-state index contributed by atoms with van der Waals surface area (Å²) in [4.78, 5) is 14.4. The van der Waals surface area contributed by atoms with Gasteiger partial charge < -0.3 is 4.90 Å². The van der Waals surface area contributed by atoms with Gasteiger partial charge in [0, 0.05) is 6.04 Å². The standard InChI is InChI=1S/C14H26N2O/c1-5-12-13(17)16(10(2)15-12)11-7-6-8-14(3,4)9-11/h10-12,15H,5-9H2,1-4H3. The molecular formula is C14H26N2O. The van der Waals surface area contributed by atoms with Crippen LogP contribution in [-0.2, 0) is 4.79 Å². The summed E-state index contributed by atoms with van der Waals surface area (Å²) in [6.07, 6.45) is 6.00. The maximum atomic E-state index is 12.3. The summed E-state index contributed by atoms with van der Waals surface area (Å²) in [5.74, 6) is 0.322. The number of carbonyl (C=O) groups excluding carboxylic acids is 1. The fourth-order valence-electron chi connectivity index (χ4n) is 3.50. The van der Waals surface area contributed by atoms with E-state index >= 15 is 0 Å². The van der Waals surface area contributed by atoms with Crippen LogP contribution >= 0.6 is 0 Å². The molecule has 3 nitrogen and oxygen atoms in total. The fraction of sp³-hybridized carbons (Fsp3) is 0.929. The van der Waals surface area contributed by atoms with Crippen molar-refractivity contribution in [2.45, 2.75) is 78.0 Å². The van der Waals surface area contributed by atoms with Crippen LogP contribution in [0.2, 0.25) is 0 Å². The van der Waals surface area contributed by atoms with Crippen LogP contribution in [0.3, 0.4) is 0 Å². The maximum absolute atomic E-state index is 12.3. The minimum atomic E-state index is 0.0510. The van der Waals surface area contributed by atoms with E-state index in [-0.39, 0.29) is 12.2 Å². The molecule has 1 heterocycles. The molecular weight excluding hydrogens is 212 g/mol. The van der Waals surface area contributed by atoms with Gasteiger partial charge in [-0.15, -0.1) is 0 Å². The lowest BCUT2D eigenvalue weighted by molar-refractivity contribution is -0.133. The molecule has 2 aliphatic rings. The molecule has 1 saturated heterocycles. The van der Waals surface area contributed by atoms with Crippen molar-refractivity contribution in [3.8, 4) is 0 Å². The van der Waals surface area contributed by atoms with E-state index in [0.717, 1.165) is 12.8 Å². The molecule has 3 unspecified atom stereocenters. The Labute approximate surface area is 105 Å². The number of hydrogen-bond donors (Lipinski definition) is 1. The Kier molecular flexibility index (Phi) is 3.48. The zero-order chi connectivity index (χ0) is 12.6. The molecule has 2 fully saturated rings. The van der Waals surface area contributed by atoms with Gasteiger partial charge in [0.25, 0.3) is 0 Å². The Hall–Kier alpha value is -0.570. The van der Waals surface area contributed by atoms with Crippen LogP contribution in [-0.4, -0.2) is 29.1 Å². The Morgan fingerprint density at radius 1 is 1.47 bits per heavy atom. The van der Waals surface area contributed by atoms with E-state index in [1.807, 2.05) is 0 Å². The van der Waals surface area contributed by atoms with Gasteiger partial charge in [-0.1, -0.05) is 27.2 Å². The van der Waals surface area contributed by atoms with Crippen LogP contribution in [0.15, 0.2) is 0 Å². The Morgan fingerprint density at radius 3 is 2.71 bits per heavy atom. The third-order valence-electron chi connectivity index (χ3n) is 4.39. The van der Waals surface area contributed by atoms with Crippen molar-refractivity contribution < 1.29 is 4.79 Å². The van der Waals surface area contributed by atoms with Gasteiger partial charge in [-0.3, -0.25) is 10.1 Å². The van der Waals surface area contributed by atoms with Crippen LogP contribution in [0, 0.1) is 5.41 Å². The van der Waals surface area contributed by atoms with Gasteiger partial charge in [-0.05, 0) is 38.0 Å². The molecule has 1 saturated carbocycles. The highest BCUT2D eigenvalue weighted by molar-refractivity contribution is 5.84. The quantitative estimate of drug-likeness (QED) is 0.801. The van der Waals surface area contributed by atoms with E-state index in [9.17, 15) is 4.79 Å². The maximum Gasteiger partial charge on any atom is 0.241 e. The van der Waals surface area contributed by atoms with Crippen molar-refractivity contribution in [1.29, 1.82) is 0 Å². The first-order valence-corrected chi connectivity index (χ1v) is 7.03. The monoisotopic (exact) mass is 238 g/mol. The third-order valence-corrected chi connectivity index (χ3v) is 4.39. The number of rotatable bonds is 2. The van der Waals surface area contributed by atoms with E-state index in [1.54, 1.807) is 0 Å². The largest absolute Gasteiger partial charge is 0.323 e. The lowest BCUT2D eigenvalue weighted by atomic mass is 9.74. The number of hydrogen-bond acceptors (Lipinski definition) is 2. The molecule has 3 heteroatoms. The zero-order valence-corrected chi connectivity index (χ0v) is 11.6. The highest BCUT2D eigenvalue weighted by Crippen LogP contribution is 2.38. The topological polar surface area (TPSA) is 32.3 Å². The highest BCUT2D eigenvalue weighted by Gasteiger charge is 2.42. The Balaban J connectivity index is 2.09. The Morgan fingerprint density at radius 2 is 2.18 bits per heavy atom. The molecule has 1 aliphatic heterocycles. The molecule has 17 heavy (non-hydrogen) atoms. The van der Waals surface area contributed by atoms with Gasteiger partial charge in [0.1, 0.15) is 0 Å². The molecule has 0 spiro atoms. The van der Waals surface area contributed by atoms with Crippen molar-refractivity contribution in [2.75, 3.05) is 0 Å². The van der Waals surface area contributed by atoms with E-state index in [2.05, 4.69) is 37.9 Å². The number of nitrogens with zero attached hydrogens (tertiary/aromatic N) is 1. The molecule has 98 valence electrons. The molecule has 0 bridgehead atoms. The summed E-state index contributed by atoms with van der Waals surface area (Å²) in [6, 6.07) is 0.500. The van der Waals surface area contributed by atoms with E-state index in [1.165, 1.54) is 19.3 Å². The van der Waals surface area contributed by atoms with Crippen LogP contribution in [0.5, 0.6) is 0 Å². The molecule has 1 N–H and O–H groups in total. The zero-order valence-electron chi connectivity index (χ0n) is 11.6. The van der Waals surface area contributed by atoms with Gasteiger partial charge in [-0.25, -0.2) is 0 Å². The van der Waals surface area contributed by atoms with Gasteiger partial charge >= 0.3 is 0 Å². The molecule has 0 aromatic heterocycles. The number of nitrogens with one attached hydrogen (secondary N) is 1. The predicted molar refractivity (Wildman–Crippen MR) is 69.6 cm³/mol. The minimum absolute atomic E-state index is 0.0510. The summed E-state index contributed by atoms with van der Waals surface area (Å²) in [7, 11) is 0. The summed E-state index contributed by atoms with van der Waals surface area (Å²) < 4.78 is 0. The lowest BCUT2D eigenvalue weighted by Crippen LogP contribution is -2.46. The Bertz CT molecular complexity index is 301. The molecule has 3 atom stereocenters. The van der Waals surface area contributed by atoms with Gasteiger partial charge in [0.2, 0.25) is 5.91 Å². The second kappa shape index (κ2) is 4.60. The normalized spacial score (nSPS) is 37.5. The van der Waals surface area contributed by atoms with E-state index in [4.69, 9.17) is 0 Å². The van der Waals surface area contributed by atoms with E-state index in [0.29, 0.717) is 17.4 Å². The smallest absolute Gasteiger partial charge is 0.241 e. The third kappa shape index (κ3) is 2.49. The van der Waals surface area contributed by atoms with Crippen LogP contribution in [0.25, 0.3) is 0 Å². The van der Waals surface area contributed by atoms with Crippen molar-refractivity contribution in [1.82, 2.24) is 10.2 Å². The summed E-state index contributed by atoms with van der Waals surface area (Å²) in [5, 5.41) is 3.40. The van der Waals surface area contributed by atoms with Crippen molar-refractivity contribution >= 4 is 5.91 Å². The molecule has 0 aromatic carbocycles. The molecule has 1 amide bonds. The van der Waals surface area contributed by atoms with Gasteiger partial charge in [-0.2, -0.15) is 0 Å². The van der Waals surface area contributed by atoms with Crippen LogP contribution in [0.1, 0.15) is 59.8 Å². The first-order valence-electron chi connectivity index (χ1n) is 7.03. The first kappa shape index (κ1) is 12.9. The number of carbonyl (C=O) groups is 1. The van der Waals surface area contributed by atoms with Crippen LogP contribution in [0.4, 0.5) is 0 Å². The minimum Gasteiger partial charge on any atom is -0.323 e. The average Bonchev–Trinajstić information content (AvgIpc) is 2.52.